The van der Waals surface area contributed by atoms with Crippen LogP contribution in [0.15, 0.2) is 28.5 Å². The molecule has 0 bridgehead atoms. The molecule has 0 fully saturated rings. The SMILES string of the molecule is CCCCNC(=O)c1ccc2c(c1)S(=O)(=O)C=C2. The molecule has 1 aliphatic rings. The molecule has 0 aromatic heterocycles. The Morgan fingerprint density at radius 3 is 2.83 bits per heavy atom. The third kappa shape index (κ3) is 2.46. The lowest BCUT2D eigenvalue weighted by molar-refractivity contribution is 0.0953. The Balaban J connectivity index is 2.21. The molecule has 1 heterocycles. The fourth-order valence-electron chi connectivity index (χ4n) is 1.78. The van der Waals surface area contributed by atoms with Crippen LogP contribution in [0.2, 0.25) is 0 Å². The van der Waals surface area contributed by atoms with Gasteiger partial charge in [0, 0.05) is 17.5 Å². The summed E-state index contributed by atoms with van der Waals surface area (Å²) >= 11 is 0. The minimum atomic E-state index is -3.35. The highest BCUT2D eigenvalue weighted by atomic mass is 32.2. The fourth-order valence-corrected chi connectivity index (χ4v) is 3.00. The number of sulfone groups is 1. The molecule has 1 aromatic rings. The second kappa shape index (κ2) is 4.94. The third-order valence-electron chi connectivity index (χ3n) is 2.82. The molecule has 0 saturated heterocycles. The molecule has 2 rings (SSSR count). The van der Waals surface area contributed by atoms with Crippen molar-refractivity contribution in [1.82, 2.24) is 5.32 Å². The van der Waals surface area contributed by atoms with Crippen LogP contribution in [0.5, 0.6) is 0 Å². The monoisotopic (exact) mass is 265 g/mol. The molecule has 0 atom stereocenters. The summed E-state index contributed by atoms with van der Waals surface area (Å²) in [6, 6.07) is 4.74. The first-order valence-electron chi connectivity index (χ1n) is 5.90. The molecular weight excluding hydrogens is 250 g/mol. The van der Waals surface area contributed by atoms with Gasteiger partial charge in [0.15, 0.2) is 9.84 Å². The van der Waals surface area contributed by atoms with Crippen molar-refractivity contribution in [3.8, 4) is 0 Å². The molecule has 96 valence electrons. The Morgan fingerprint density at radius 1 is 1.33 bits per heavy atom. The number of rotatable bonds is 4. The van der Waals surface area contributed by atoms with E-state index in [9.17, 15) is 13.2 Å². The van der Waals surface area contributed by atoms with E-state index in [0.717, 1.165) is 18.2 Å². The van der Waals surface area contributed by atoms with Crippen molar-refractivity contribution >= 4 is 21.8 Å². The van der Waals surface area contributed by atoms with E-state index in [1.807, 2.05) is 6.92 Å². The van der Waals surface area contributed by atoms with E-state index in [0.29, 0.717) is 17.7 Å². The van der Waals surface area contributed by atoms with Crippen molar-refractivity contribution in [3.63, 3.8) is 0 Å². The average Bonchev–Trinajstić information content (AvgIpc) is 2.65. The molecule has 1 amide bonds. The fraction of sp³-hybridized carbons (Fsp3) is 0.308. The number of unbranched alkanes of at least 4 members (excludes halogenated alkanes) is 1. The van der Waals surface area contributed by atoms with Crippen LogP contribution < -0.4 is 5.32 Å². The van der Waals surface area contributed by atoms with Gasteiger partial charge in [0.05, 0.1) is 4.90 Å². The van der Waals surface area contributed by atoms with Gasteiger partial charge in [-0.1, -0.05) is 19.4 Å². The molecular formula is C13H15NO3S. The van der Waals surface area contributed by atoms with Gasteiger partial charge in [-0.05, 0) is 30.2 Å². The molecule has 18 heavy (non-hydrogen) atoms. The maximum Gasteiger partial charge on any atom is 0.251 e. The van der Waals surface area contributed by atoms with Crippen LogP contribution in [0, 0.1) is 0 Å². The van der Waals surface area contributed by atoms with Gasteiger partial charge in [0.2, 0.25) is 0 Å². The molecule has 1 N–H and O–H groups in total. The minimum absolute atomic E-state index is 0.214. The highest BCUT2D eigenvalue weighted by Crippen LogP contribution is 2.27. The Labute approximate surface area is 107 Å². The van der Waals surface area contributed by atoms with Crippen LogP contribution in [0.1, 0.15) is 35.7 Å². The van der Waals surface area contributed by atoms with Crippen LogP contribution in [-0.2, 0) is 9.84 Å². The van der Waals surface area contributed by atoms with E-state index < -0.39 is 9.84 Å². The summed E-state index contributed by atoms with van der Waals surface area (Å²) in [5, 5.41) is 3.93. The van der Waals surface area contributed by atoms with Gasteiger partial charge in [-0.15, -0.1) is 0 Å². The van der Waals surface area contributed by atoms with Crippen LogP contribution in [0.3, 0.4) is 0 Å². The smallest absolute Gasteiger partial charge is 0.251 e. The standard InChI is InChI=1S/C13H15NO3S/c1-2-3-7-14-13(15)11-5-4-10-6-8-18(16,17)12(10)9-11/h4-6,8-9H,2-3,7H2,1H3,(H,14,15). The first-order chi connectivity index (χ1) is 8.54. The highest BCUT2D eigenvalue weighted by molar-refractivity contribution is 7.94. The maximum atomic E-state index is 11.8. The number of nitrogens with one attached hydrogen (secondary N) is 1. The number of amides is 1. The molecule has 5 heteroatoms. The van der Waals surface area contributed by atoms with E-state index in [1.54, 1.807) is 18.2 Å². The largest absolute Gasteiger partial charge is 0.352 e. The van der Waals surface area contributed by atoms with Crippen molar-refractivity contribution in [2.24, 2.45) is 0 Å². The first-order valence-corrected chi connectivity index (χ1v) is 7.44. The van der Waals surface area contributed by atoms with Crippen LogP contribution in [0.4, 0.5) is 0 Å². The molecule has 0 radical (unpaired) electrons. The zero-order valence-corrected chi connectivity index (χ0v) is 11.0. The van der Waals surface area contributed by atoms with E-state index in [2.05, 4.69) is 5.32 Å². The molecule has 1 aromatic carbocycles. The molecule has 0 spiro atoms. The molecule has 0 unspecified atom stereocenters. The first kappa shape index (κ1) is 12.8. The van der Waals surface area contributed by atoms with Crippen molar-refractivity contribution in [3.05, 3.63) is 34.7 Å². The van der Waals surface area contributed by atoms with Gasteiger partial charge in [0.25, 0.3) is 5.91 Å². The summed E-state index contributed by atoms with van der Waals surface area (Å²) in [7, 11) is -3.35. The van der Waals surface area contributed by atoms with Gasteiger partial charge in [-0.25, -0.2) is 8.42 Å². The number of carbonyl (C=O) groups is 1. The lowest BCUT2D eigenvalue weighted by Gasteiger charge is -2.06. The van der Waals surface area contributed by atoms with Crippen molar-refractivity contribution in [2.45, 2.75) is 24.7 Å². The summed E-state index contributed by atoms with van der Waals surface area (Å²) < 4.78 is 23.3. The maximum absolute atomic E-state index is 11.8. The van der Waals surface area contributed by atoms with E-state index in [-0.39, 0.29) is 10.8 Å². The summed E-state index contributed by atoms with van der Waals surface area (Å²) in [6.45, 7) is 2.65. The summed E-state index contributed by atoms with van der Waals surface area (Å²) in [4.78, 5) is 12.0. The summed E-state index contributed by atoms with van der Waals surface area (Å²) in [5.41, 5.74) is 1.03. The van der Waals surface area contributed by atoms with E-state index in [4.69, 9.17) is 0 Å². The van der Waals surface area contributed by atoms with Gasteiger partial charge in [-0.3, -0.25) is 4.79 Å². The number of carbonyl (C=O) groups excluding carboxylic acids is 1. The Hall–Kier alpha value is -1.62. The molecule has 0 saturated carbocycles. The van der Waals surface area contributed by atoms with Gasteiger partial charge < -0.3 is 5.32 Å². The number of fused-ring (bicyclic) bond motifs is 1. The minimum Gasteiger partial charge on any atom is -0.352 e. The van der Waals surface area contributed by atoms with Crippen LogP contribution >= 0.6 is 0 Å². The zero-order valence-electron chi connectivity index (χ0n) is 10.1. The Morgan fingerprint density at radius 2 is 2.11 bits per heavy atom. The predicted octanol–water partition coefficient (Wildman–Crippen LogP) is 1.97. The van der Waals surface area contributed by atoms with Crippen molar-refractivity contribution in [1.29, 1.82) is 0 Å². The predicted molar refractivity (Wildman–Crippen MR) is 69.9 cm³/mol. The van der Waals surface area contributed by atoms with Crippen molar-refractivity contribution < 1.29 is 13.2 Å². The lowest BCUT2D eigenvalue weighted by atomic mass is 10.1. The second-order valence-electron chi connectivity index (χ2n) is 4.21. The number of benzene rings is 1. The van der Waals surface area contributed by atoms with Gasteiger partial charge in [-0.2, -0.15) is 0 Å². The lowest BCUT2D eigenvalue weighted by Crippen LogP contribution is -2.24. The van der Waals surface area contributed by atoms with Crippen molar-refractivity contribution in [2.75, 3.05) is 6.54 Å². The summed E-state index contributed by atoms with van der Waals surface area (Å²) in [6.07, 6.45) is 3.46. The topological polar surface area (TPSA) is 63.2 Å². The van der Waals surface area contributed by atoms with E-state index >= 15 is 0 Å². The highest BCUT2D eigenvalue weighted by Gasteiger charge is 2.21. The van der Waals surface area contributed by atoms with Gasteiger partial charge in [0.1, 0.15) is 0 Å². The molecule has 4 nitrogen and oxygen atoms in total. The third-order valence-corrected chi connectivity index (χ3v) is 4.29. The second-order valence-corrected chi connectivity index (χ2v) is 6.01. The normalized spacial score (nSPS) is 15.4. The zero-order chi connectivity index (χ0) is 13.2. The molecule has 1 aliphatic heterocycles. The quantitative estimate of drug-likeness (QED) is 0.847. The van der Waals surface area contributed by atoms with Crippen LogP contribution in [-0.4, -0.2) is 20.9 Å². The summed E-state index contributed by atoms with van der Waals surface area (Å²) in [5.74, 6) is -0.228. The Kier molecular flexibility index (Phi) is 3.52. The van der Waals surface area contributed by atoms with Gasteiger partial charge >= 0.3 is 0 Å². The number of hydrogen-bond acceptors (Lipinski definition) is 3. The Bertz CT molecular complexity index is 603. The van der Waals surface area contributed by atoms with Crippen LogP contribution in [0.25, 0.3) is 6.08 Å². The average molecular weight is 265 g/mol. The molecule has 0 aliphatic carbocycles. The van der Waals surface area contributed by atoms with E-state index in [1.165, 1.54) is 6.07 Å². The number of hydrogen-bond donors (Lipinski definition) is 1.